The number of ether oxygens (including phenoxy) is 1. The van der Waals surface area contributed by atoms with E-state index in [1.54, 1.807) is 23.6 Å². The number of nitrogens with one attached hydrogen (secondary N) is 2. The summed E-state index contributed by atoms with van der Waals surface area (Å²) in [5.74, 6) is 0. The number of thioether (sulfide) groups is 2. The van der Waals surface area contributed by atoms with E-state index >= 15 is 0 Å². The summed E-state index contributed by atoms with van der Waals surface area (Å²) >= 11 is 8.34. The highest BCUT2D eigenvalue weighted by molar-refractivity contribution is 8.03. The van der Waals surface area contributed by atoms with Gasteiger partial charge in [0, 0.05) is 16.0 Å². The Kier molecular flexibility index (Phi) is 7.53. The largest absolute Gasteiger partial charge is 0.449 e. The molecule has 0 aromatic carbocycles. The second-order valence-corrected chi connectivity index (χ2v) is 10.5. The topological polar surface area (TPSA) is 101 Å². The lowest BCUT2D eigenvalue weighted by Crippen LogP contribution is -2.50. The third kappa shape index (κ3) is 5.17. The smallest absolute Gasteiger partial charge is 0.416 e. The van der Waals surface area contributed by atoms with Gasteiger partial charge in [0.25, 0.3) is 5.56 Å². The molecule has 0 fully saturated rings. The number of allylic oxidation sites excluding steroid dienone is 2. The van der Waals surface area contributed by atoms with Crippen molar-refractivity contribution in [1.29, 1.82) is 0 Å². The quantitative estimate of drug-likeness (QED) is 0.489. The highest BCUT2D eigenvalue weighted by atomic mass is 32.2. The third-order valence-corrected chi connectivity index (χ3v) is 6.94. The van der Waals surface area contributed by atoms with Gasteiger partial charge in [0.05, 0.1) is 6.61 Å². The van der Waals surface area contributed by atoms with Crippen LogP contribution < -0.4 is 16.3 Å². The second-order valence-electron chi connectivity index (χ2n) is 8.13. The maximum absolute atomic E-state index is 13.0. The van der Waals surface area contributed by atoms with Crippen LogP contribution in [0.2, 0.25) is 0 Å². The summed E-state index contributed by atoms with van der Waals surface area (Å²) in [5, 5.41) is 12.0. The van der Waals surface area contributed by atoms with Crippen LogP contribution in [-0.2, 0) is 10.2 Å². The molecule has 1 aromatic heterocycles. The number of amides is 1. The summed E-state index contributed by atoms with van der Waals surface area (Å²) in [6, 6.07) is 0. The van der Waals surface area contributed by atoms with Crippen LogP contribution in [0.5, 0.6) is 0 Å². The first kappa shape index (κ1) is 23.9. The van der Waals surface area contributed by atoms with Gasteiger partial charge in [-0.1, -0.05) is 44.3 Å². The van der Waals surface area contributed by atoms with Gasteiger partial charge in [-0.15, -0.1) is 10.2 Å². The molecule has 1 aliphatic carbocycles. The molecule has 0 bridgehead atoms. The summed E-state index contributed by atoms with van der Waals surface area (Å²) in [4.78, 5) is 28.5. The highest BCUT2D eigenvalue weighted by Crippen LogP contribution is 2.44. The Morgan fingerprint density at radius 2 is 2.03 bits per heavy atom. The molecule has 0 unspecified atom stereocenters. The molecule has 2 heterocycles. The predicted molar refractivity (Wildman–Crippen MR) is 128 cm³/mol. The van der Waals surface area contributed by atoms with Crippen molar-refractivity contribution in [3.05, 3.63) is 26.6 Å². The number of hydrogen-bond acceptors (Lipinski definition) is 8. The number of carbonyl (C=O) groups is 1. The Hall–Kier alpha value is -1.79. The monoisotopic (exact) mass is 484 g/mol. The van der Waals surface area contributed by atoms with Crippen molar-refractivity contribution in [2.45, 2.75) is 69.4 Å². The number of nitrogens with zero attached hydrogens (tertiary/aromatic N) is 4. The molecule has 1 amide bonds. The van der Waals surface area contributed by atoms with Crippen molar-refractivity contribution < 1.29 is 9.53 Å². The summed E-state index contributed by atoms with van der Waals surface area (Å²) in [7, 11) is 0. The van der Waals surface area contributed by atoms with E-state index in [0.29, 0.717) is 17.5 Å². The van der Waals surface area contributed by atoms with E-state index in [0.717, 1.165) is 31.4 Å². The Labute approximate surface area is 195 Å². The van der Waals surface area contributed by atoms with Crippen LogP contribution in [0.1, 0.15) is 59.1 Å². The van der Waals surface area contributed by atoms with Gasteiger partial charge in [-0.2, -0.15) is 4.68 Å². The lowest BCUT2D eigenvalue weighted by molar-refractivity contribution is 0.113. The second kappa shape index (κ2) is 9.78. The number of rotatable bonds is 4. The average Bonchev–Trinajstić information content (AvgIpc) is 3.06. The Morgan fingerprint density at radius 3 is 2.68 bits per heavy atom. The number of thiocarbonyl (C=S) groups is 1. The third-order valence-electron chi connectivity index (χ3n) is 4.83. The van der Waals surface area contributed by atoms with E-state index in [2.05, 4.69) is 20.9 Å². The molecular formula is C19H28N6O3S3. The molecule has 1 atom stereocenters. The molecule has 9 nitrogen and oxygen atoms in total. The van der Waals surface area contributed by atoms with E-state index in [-0.39, 0.29) is 10.7 Å². The van der Waals surface area contributed by atoms with Crippen LogP contribution in [0.3, 0.4) is 0 Å². The van der Waals surface area contributed by atoms with Crippen molar-refractivity contribution >= 4 is 46.9 Å². The normalized spacial score (nSPS) is 18.6. The van der Waals surface area contributed by atoms with Gasteiger partial charge in [0.2, 0.25) is 5.16 Å². The van der Waals surface area contributed by atoms with Gasteiger partial charge in [0.1, 0.15) is 5.69 Å². The van der Waals surface area contributed by atoms with E-state index < -0.39 is 17.0 Å². The molecule has 1 aliphatic heterocycles. The summed E-state index contributed by atoms with van der Waals surface area (Å²) in [6.45, 7) is 7.79. The molecule has 0 spiro atoms. The van der Waals surface area contributed by atoms with E-state index in [4.69, 9.17) is 17.0 Å². The number of hydrogen-bond donors (Lipinski definition) is 2. The summed E-state index contributed by atoms with van der Waals surface area (Å²) < 4.78 is 6.57. The highest BCUT2D eigenvalue weighted by Gasteiger charge is 2.39. The minimum Gasteiger partial charge on any atom is -0.449 e. The van der Waals surface area contributed by atoms with E-state index in [1.807, 2.05) is 27.0 Å². The Balaban J connectivity index is 1.82. The van der Waals surface area contributed by atoms with Crippen LogP contribution >= 0.6 is 35.7 Å². The molecule has 170 valence electrons. The van der Waals surface area contributed by atoms with E-state index in [1.165, 1.54) is 21.3 Å². The Morgan fingerprint density at radius 1 is 1.32 bits per heavy atom. The molecule has 31 heavy (non-hydrogen) atoms. The van der Waals surface area contributed by atoms with E-state index in [9.17, 15) is 9.59 Å². The van der Waals surface area contributed by atoms with Crippen molar-refractivity contribution in [2.75, 3.05) is 18.3 Å². The number of aromatic nitrogens is 3. The standard InChI is InChI=1S/C19H28N6O3S3/c1-6-28-18(27)24-11-9-7-8-10-12(11)31-16(24)20-15(29)23-25-14(26)13(19(2,3)4)21-22-17(25)30-5/h16H,6-10H2,1-5H3,(H2,20,23,29)/t16-/m1/s1. The zero-order valence-corrected chi connectivity index (χ0v) is 20.8. The van der Waals surface area contributed by atoms with Crippen molar-refractivity contribution in [3.8, 4) is 0 Å². The van der Waals surface area contributed by atoms with Crippen molar-refractivity contribution in [1.82, 2.24) is 25.1 Å². The van der Waals surface area contributed by atoms with Gasteiger partial charge < -0.3 is 10.1 Å². The molecule has 12 heteroatoms. The molecule has 2 aliphatic rings. The lowest BCUT2D eigenvalue weighted by atomic mass is 9.93. The van der Waals surface area contributed by atoms with Gasteiger partial charge >= 0.3 is 6.09 Å². The average molecular weight is 485 g/mol. The van der Waals surface area contributed by atoms with Crippen LogP contribution in [0, 0.1) is 0 Å². The molecule has 2 N–H and O–H groups in total. The van der Waals surface area contributed by atoms with Gasteiger partial charge in [-0.3, -0.25) is 15.1 Å². The maximum atomic E-state index is 13.0. The summed E-state index contributed by atoms with van der Waals surface area (Å²) in [6.07, 6.45) is 5.32. The van der Waals surface area contributed by atoms with Gasteiger partial charge in [-0.05, 0) is 51.1 Å². The fourth-order valence-electron chi connectivity index (χ4n) is 3.39. The molecule has 0 radical (unpaired) electrons. The predicted octanol–water partition coefficient (Wildman–Crippen LogP) is 3.35. The molecular weight excluding hydrogens is 456 g/mol. The fraction of sp³-hybridized carbons (Fsp3) is 0.632. The zero-order chi connectivity index (χ0) is 22.8. The molecule has 0 saturated heterocycles. The van der Waals surface area contributed by atoms with Crippen LogP contribution in [0.25, 0.3) is 0 Å². The lowest BCUT2D eigenvalue weighted by Gasteiger charge is -2.28. The minimum absolute atomic E-state index is 0.205. The fourth-order valence-corrected chi connectivity index (χ4v) is 5.46. The van der Waals surface area contributed by atoms with Crippen LogP contribution in [0.4, 0.5) is 4.79 Å². The first-order valence-electron chi connectivity index (χ1n) is 10.1. The Bertz CT molecular complexity index is 956. The maximum Gasteiger partial charge on any atom is 0.416 e. The SMILES string of the molecule is CCOC(=O)N1C2=C(CCCC2)S[C@@H]1NC(=S)Nn1c(SC)nnc(C(C)(C)C)c1=O. The van der Waals surface area contributed by atoms with Gasteiger partial charge in [-0.25, -0.2) is 4.79 Å². The van der Waals surface area contributed by atoms with Crippen LogP contribution in [-0.4, -0.2) is 49.3 Å². The van der Waals surface area contributed by atoms with Crippen molar-refractivity contribution in [3.63, 3.8) is 0 Å². The van der Waals surface area contributed by atoms with Gasteiger partial charge in [0.15, 0.2) is 10.6 Å². The zero-order valence-electron chi connectivity index (χ0n) is 18.4. The number of carbonyl (C=O) groups excluding carboxylic acids is 1. The first-order valence-corrected chi connectivity index (χ1v) is 12.6. The molecule has 0 saturated carbocycles. The van der Waals surface area contributed by atoms with Crippen molar-refractivity contribution in [2.24, 2.45) is 0 Å². The summed E-state index contributed by atoms with van der Waals surface area (Å²) in [5.41, 5.74) is 3.05. The minimum atomic E-state index is -0.468. The molecule has 3 rings (SSSR count). The first-order chi connectivity index (χ1) is 14.7. The van der Waals surface area contributed by atoms with Crippen LogP contribution in [0.15, 0.2) is 20.6 Å². The molecule has 1 aromatic rings.